The summed E-state index contributed by atoms with van der Waals surface area (Å²) in [4.78, 5) is 9.84. The summed E-state index contributed by atoms with van der Waals surface area (Å²) in [6.45, 7) is 0. The number of nitrogens with two attached hydrogens (primary N) is 1. The molecule has 0 fully saturated rings. The number of alkyl halides is 3. The summed E-state index contributed by atoms with van der Waals surface area (Å²) in [5.74, 6) is -0.780. The Labute approximate surface area is 99.5 Å². The number of hydrogen-bond donors (Lipinski definition) is 1. The van der Waals surface area contributed by atoms with Crippen molar-refractivity contribution in [3.63, 3.8) is 0 Å². The molecule has 0 bridgehead atoms. The predicted octanol–water partition coefficient (Wildman–Crippen LogP) is 3.08. The number of nitrogens with zero attached hydrogens (tertiary/aromatic N) is 1. The standard InChI is InChI=1S/C10H10F4N2O2/c11-6-1-2-9(16(17)18)7(5-6)8(15)3-4-10(12,13)14/h1-2,5,8H,3-4,15H2/t8-/m1/s1. The van der Waals surface area contributed by atoms with Crippen molar-refractivity contribution in [1.29, 1.82) is 0 Å². The normalized spacial score (nSPS) is 13.4. The molecule has 0 unspecified atom stereocenters. The van der Waals surface area contributed by atoms with Crippen molar-refractivity contribution in [3.8, 4) is 0 Å². The second-order valence-corrected chi connectivity index (χ2v) is 3.72. The average Bonchev–Trinajstić information content (AvgIpc) is 2.24. The zero-order valence-electron chi connectivity index (χ0n) is 9.08. The van der Waals surface area contributed by atoms with Crippen molar-refractivity contribution in [2.75, 3.05) is 0 Å². The van der Waals surface area contributed by atoms with Gasteiger partial charge in [-0.25, -0.2) is 4.39 Å². The molecule has 0 radical (unpaired) electrons. The molecule has 0 aliphatic carbocycles. The second kappa shape index (κ2) is 5.30. The maximum atomic E-state index is 12.9. The fraction of sp³-hybridized carbons (Fsp3) is 0.400. The molecule has 0 aliphatic heterocycles. The lowest BCUT2D eigenvalue weighted by atomic mass is 10.0. The van der Waals surface area contributed by atoms with E-state index in [1.54, 1.807) is 0 Å². The number of benzene rings is 1. The van der Waals surface area contributed by atoms with Gasteiger partial charge in [0.25, 0.3) is 5.69 Å². The Kier molecular flexibility index (Phi) is 4.23. The largest absolute Gasteiger partial charge is 0.389 e. The molecule has 8 heteroatoms. The quantitative estimate of drug-likeness (QED) is 0.517. The molecule has 1 aromatic carbocycles. The SMILES string of the molecule is N[C@H](CCC(F)(F)F)c1cc(F)ccc1[N+](=O)[O-]. The number of rotatable bonds is 4. The molecule has 0 saturated heterocycles. The molecule has 0 saturated carbocycles. The summed E-state index contributed by atoms with van der Waals surface area (Å²) in [6, 6.07) is 1.30. The molecule has 4 nitrogen and oxygen atoms in total. The summed E-state index contributed by atoms with van der Waals surface area (Å²) >= 11 is 0. The minimum Gasteiger partial charge on any atom is -0.324 e. The lowest BCUT2D eigenvalue weighted by Crippen LogP contribution is -2.17. The lowest BCUT2D eigenvalue weighted by Gasteiger charge is -2.13. The molecule has 100 valence electrons. The fourth-order valence-corrected chi connectivity index (χ4v) is 1.46. The van der Waals surface area contributed by atoms with Crippen LogP contribution in [0.4, 0.5) is 23.2 Å². The number of nitro groups is 1. The van der Waals surface area contributed by atoms with Crippen molar-refractivity contribution in [2.24, 2.45) is 5.73 Å². The molecule has 0 aromatic heterocycles. The fourth-order valence-electron chi connectivity index (χ4n) is 1.46. The molecule has 1 atom stereocenters. The van der Waals surface area contributed by atoms with Gasteiger partial charge in [0.2, 0.25) is 0 Å². The Morgan fingerprint density at radius 2 is 2.00 bits per heavy atom. The van der Waals surface area contributed by atoms with Crippen molar-refractivity contribution in [1.82, 2.24) is 0 Å². The van der Waals surface area contributed by atoms with Gasteiger partial charge in [0, 0.05) is 24.1 Å². The Hall–Kier alpha value is -1.70. The van der Waals surface area contributed by atoms with Gasteiger partial charge < -0.3 is 5.73 Å². The first-order chi connectivity index (χ1) is 8.20. The van der Waals surface area contributed by atoms with E-state index in [1.165, 1.54) is 0 Å². The first-order valence-corrected chi connectivity index (χ1v) is 4.97. The highest BCUT2D eigenvalue weighted by Gasteiger charge is 2.29. The smallest absolute Gasteiger partial charge is 0.324 e. The van der Waals surface area contributed by atoms with E-state index in [2.05, 4.69) is 0 Å². The van der Waals surface area contributed by atoms with Crippen LogP contribution in [-0.4, -0.2) is 11.1 Å². The molecule has 18 heavy (non-hydrogen) atoms. The summed E-state index contributed by atoms with van der Waals surface area (Å²) in [6.07, 6.45) is -6.12. The monoisotopic (exact) mass is 266 g/mol. The Bertz CT molecular complexity index is 448. The van der Waals surface area contributed by atoms with E-state index in [0.717, 1.165) is 18.2 Å². The van der Waals surface area contributed by atoms with Gasteiger partial charge in [-0.1, -0.05) is 0 Å². The molecule has 0 spiro atoms. The molecule has 1 rings (SSSR count). The van der Waals surface area contributed by atoms with Crippen LogP contribution in [0.15, 0.2) is 18.2 Å². The van der Waals surface area contributed by atoms with Crippen molar-refractivity contribution in [2.45, 2.75) is 25.1 Å². The van der Waals surface area contributed by atoms with Crippen LogP contribution in [0.1, 0.15) is 24.4 Å². The van der Waals surface area contributed by atoms with Crippen LogP contribution in [0.25, 0.3) is 0 Å². The lowest BCUT2D eigenvalue weighted by molar-refractivity contribution is -0.385. The Balaban J connectivity index is 2.93. The van der Waals surface area contributed by atoms with Gasteiger partial charge in [-0.2, -0.15) is 13.2 Å². The first-order valence-electron chi connectivity index (χ1n) is 4.97. The topological polar surface area (TPSA) is 69.2 Å². The van der Waals surface area contributed by atoms with Crippen LogP contribution in [0, 0.1) is 15.9 Å². The van der Waals surface area contributed by atoms with Gasteiger partial charge >= 0.3 is 6.18 Å². The highest BCUT2D eigenvalue weighted by molar-refractivity contribution is 5.42. The minimum atomic E-state index is -4.40. The molecule has 1 aromatic rings. The average molecular weight is 266 g/mol. The Morgan fingerprint density at radius 3 is 2.50 bits per heavy atom. The van der Waals surface area contributed by atoms with E-state index < -0.39 is 41.5 Å². The number of hydrogen-bond acceptors (Lipinski definition) is 3. The van der Waals surface area contributed by atoms with Crippen molar-refractivity contribution >= 4 is 5.69 Å². The van der Waals surface area contributed by atoms with Crippen LogP contribution in [0.2, 0.25) is 0 Å². The third-order valence-corrected chi connectivity index (χ3v) is 2.32. The predicted molar refractivity (Wildman–Crippen MR) is 55.3 cm³/mol. The van der Waals surface area contributed by atoms with E-state index in [0.29, 0.717) is 0 Å². The third kappa shape index (κ3) is 3.95. The molecule has 2 N–H and O–H groups in total. The summed E-state index contributed by atoms with van der Waals surface area (Å²) in [5.41, 5.74) is 4.73. The van der Waals surface area contributed by atoms with Gasteiger partial charge in [0.15, 0.2) is 0 Å². The van der Waals surface area contributed by atoms with E-state index in [-0.39, 0.29) is 5.56 Å². The molecule has 0 aliphatic rings. The highest BCUT2D eigenvalue weighted by Crippen LogP contribution is 2.30. The van der Waals surface area contributed by atoms with Crippen LogP contribution >= 0.6 is 0 Å². The van der Waals surface area contributed by atoms with Gasteiger partial charge in [-0.05, 0) is 18.6 Å². The number of nitro benzene ring substituents is 1. The zero-order chi connectivity index (χ0) is 13.9. The van der Waals surface area contributed by atoms with E-state index >= 15 is 0 Å². The second-order valence-electron chi connectivity index (χ2n) is 3.72. The summed E-state index contributed by atoms with van der Waals surface area (Å²) < 4.78 is 49.0. The van der Waals surface area contributed by atoms with Crippen LogP contribution in [0.5, 0.6) is 0 Å². The van der Waals surface area contributed by atoms with Crippen LogP contribution in [0.3, 0.4) is 0 Å². The molecule has 0 amide bonds. The van der Waals surface area contributed by atoms with Crippen molar-refractivity contribution in [3.05, 3.63) is 39.7 Å². The van der Waals surface area contributed by atoms with E-state index in [9.17, 15) is 27.7 Å². The first kappa shape index (κ1) is 14.4. The Morgan fingerprint density at radius 1 is 1.39 bits per heavy atom. The maximum Gasteiger partial charge on any atom is 0.389 e. The maximum absolute atomic E-state index is 12.9. The van der Waals surface area contributed by atoms with Gasteiger partial charge in [0.1, 0.15) is 5.82 Å². The van der Waals surface area contributed by atoms with E-state index in [4.69, 9.17) is 5.73 Å². The van der Waals surface area contributed by atoms with Crippen LogP contribution < -0.4 is 5.73 Å². The summed E-state index contributed by atoms with van der Waals surface area (Å²) in [5, 5.41) is 10.6. The molecule has 0 heterocycles. The van der Waals surface area contributed by atoms with E-state index in [1.807, 2.05) is 0 Å². The number of halogens is 4. The van der Waals surface area contributed by atoms with Gasteiger partial charge in [-0.3, -0.25) is 10.1 Å². The molecular formula is C10H10F4N2O2. The highest BCUT2D eigenvalue weighted by atomic mass is 19.4. The van der Waals surface area contributed by atoms with Gasteiger partial charge in [0.05, 0.1) is 4.92 Å². The third-order valence-electron chi connectivity index (χ3n) is 2.32. The van der Waals surface area contributed by atoms with Crippen LogP contribution in [-0.2, 0) is 0 Å². The van der Waals surface area contributed by atoms with Crippen molar-refractivity contribution < 1.29 is 22.5 Å². The summed E-state index contributed by atoms with van der Waals surface area (Å²) in [7, 11) is 0. The molecular weight excluding hydrogens is 256 g/mol. The zero-order valence-corrected chi connectivity index (χ0v) is 9.08. The van der Waals surface area contributed by atoms with Gasteiger partial charge in [-0.15, -0.1) is 0 Å². The minimum absolute atomic E-state index is 0.232.